The number of carbonyl (C=O) groups is 2. The van der Waals surface area contributed by atoms with Crippen LogP contribution in [0.2, 0.25) is 0 Å². The highest BCUT2D eigenvalue weighted by atomic mass is 16.5. The molecule has 0 atom stereocenters. The highest BCUT2D eigenvalue weighted by Gasteiger charge is 2.28. The molecule has 0 saturated heterocycles. The zero-order valence-electron chi connectivity index (χ0n) is 11.9. The summed E-state index contributed by atoms with van der Waals surface area (Å²) in [6.45, 7) is -0.223. The van der Waals surface area contributed by atoms with Crippen molar-refractivity contribution in [2.24, 2.45) is 12.8 Å². The van der Waals surface area contributed by atoms with E-state index in [-0.39, 0.29) is 18.1 Å². The Labute approximate surface area is 126 Å². The second-order valence-corrected chi connectivity index (χ2v) is 4.90. The number of amides is 1. The summed E-state index contributed by atoms with van der Waals surface area (Å²) < 4.78 is 12.7. The van der Waals surface area contributed by atoms with Crippen LogP contribution in [0.4, 0.5) is 0 Å². The van der Waals surface area contributed by atoms with E-state index in [0.29, 0.717) is 17.1 Å². The summed E-state index contributed by atoms with van der Waals surface area (Å²) >= 11 is 0. The van der Waals surface area contributed by atoms with Gasteiger partial charge >= 0.3 is 0 Å². The van der Waals surface area contributed by atoms with Gasteiger partial charge in [-0.2, -0.15) is 0 Å². The predicted octanol–water partition coefficient (Wildman–Crippen LogP) is 1.51. The van der Waals surface area contributed by atoms with Gasteiger partial charge in [-0.25, -0.2) is 0 Å². The van der Waals surface area contributed by atoms with Crippen LogP contribution in [0.5, 0.6) is 11.5 Å². The van der Waals surface area contributed by atoms with Gasteiger partial charge < -0.3 is 19.8 Å². The molecule has 3 rings (SSSR count). The summed E-state index contributed by atoms with van der Waals surface area (Å²) in [5, 5.41) is 0. The third-order valence-corrected chi connectivity index (χ3v) is 3.29. The van der Waals surface area contributed by atoms with Crippen molar-refractivity contribution in [2.75, 3.05) is 6.61 Å². The van der Waals surface area contributed by atoms with Crippen LogP contribution in [0.3, 0.4) is 0 Å². The molecule has 2 heterocycles. The van der Waals surface area contributed by atoms with E-state index in [4.69, 9.17) is 15.2 Å². The minimum Gasteiger partial charge on any atom is -0.484 e. The van der Waals surface area contributed by atoms with Crippen LogP contribution in [-0.4, -0.2) is 22.9 Å². The SMILES string of the molecule is Cn1cccc1C=C1Oc2cc(OCC(N)=O)ccc2C1=O. The molecule has 0 saturated carbocycles. The fourth-order valence-electron chi connectivity index (χ4n) is 2.17. The highest BCUT2D eigenvalue weighted by molar-refractivity contribution is 6.14. The van der Waals surface area contributed by atoms with Crippen molar-refractivity contribution in [3.05, 3.63) is 53.5 Å². The number of benzene rings is 1. The quantitative estimate of drug-likeness (QED) is 0.867. The Bertz CT molecular complexity index is 789. The number of rotatable bonds is 4. The Hall–Kier alpha value is -3.02. The van der Waals surface area contributed by atoms with Gasteiger partial charge in [0.2, 0.25) is 5.78 Å². The first-order valence-electron chi connectivity index (χ1n) is 6.65. The molecule has 6 heteroatoms. The number of nitrogens with zero attached hydrogens (tertiary/aromatic N) is 1. The molecule has 0 spiro atoms. The first-order valence-corrected chi connectivity index (χ1v) is 6.65. The van der Waals surface area contributed by atoms with Crippen molar-refractivity contribution >= 4 is 17.8 Å². The molecule has 1 amide bonds. The van der Waals surface area contributed by atoms with Crippen molar-refractivity contribution in [3.8, 4) is 11.5 Å². The number of primary amides is 1. The summed E-state index contributed by atoms with van der Waals surface area (Å²) in [4.78, 5) is 23.0. The molecular weight excluding hydrogens is 284 g/mol. The third-order valence-electron chi connectivity index (χ3n) is 3.29. The molecule has 0 radical (unpaired) electrons. The average Bonchev–Trinajstić information content (AvgIpc) is 3.02. The van der Waals surface area contributed by atoms with Gasteiger partial charge in [0, 0.05) is 31.1 Å². The molecule has 0 fully saturated rings. The summed E-state index contributed by atoms with van der Waals surface area (Å²) in [6.07, 6.45) is 3.57. The lowest BCUT2D eigenvalue weighted by atomic mass is 10.1. The molecule has 1 aliphatic rings. The van der Waals surface area contributed by atoms with Gasteiger partial charge in [0.25, 0.3) is 5.91 Å². The topological polar surface area (TPSA) is 83.5 Å². The van der Waals surface area contributed by atoms with Gasteiger partial charge in [-0.1, -0.05) is 0 Å². The molecule has 6 nitrogen and oxygen atoms in total. The Balaban J connectivity index is 1.86. The lowest BCUT2D eigenvalue weighted by molar-refractivity contribution is -0.119. The number of aryl methyl sites for hydroxylation is 1. The zero-order chi connectivity index (χ0) is 15.7. The van der Waals surface area contributed by atoms with Crippen molar-refractivity contribution in [2.45, 2.75) is 0 Å². The summed E-state index contributed by atoms with van der Waals surface area (Å²) in [7, 11) is 1.88. The number of Topliss-reactive ketones (excluding diaryl/α,β-unsaturated/α-hetero) is 1. The average molecular weight is 298 g/mol. The number of fused-ring (bicyclic) bond motifs is 1. The summed E-state index contributed by atoms with van der Waals surface area (Å²) in [5.41, 5.74) is 6.35. The first-order chi connectivity index (χ1) is 10.5. The highest BCUT2D eigenvalue weighted by Crippen LogP contribution is 2.34. The minimum absolute atomic E-state index is 0.183. The van der Waals surface area contributed by atoms with Gasteiger partial charge in [0.1, 0.15) is 11.5 Å². The Kier molecular flexibility index (Phi) is 3.42. The smallest absolute Gasteiger partial charge is 0.255 e. The normalized spacial score (nSPS) is 14.8. The molecular formula is C16H14N2O4. The van der Waals surface area contributed by atoms with Crippen LogP contribution < -0.4 is 15.2 Å². The maximum Gasteiger partial charge on any atom is 0.255 e. The lowest BCUT2D eigenvalue weighted by Gasteiger charge is -2.04. The predicted molar refractivity (Wildman–Crippen MR) is 79.5 cm³/mol. The van der Waals surface area contributed by atoms with E-state index in [0.717, 1.165) is 5.69 Å². The molecule has 112 valence electrons. The number of aromatic nitrogens is 1. The standard InChI is InChI=1S/C16H14N2O4/c1-18-6-2-3-10(18)7-14-16(20)12-5-4-11(8-13(12)22-14)21-9-15(17)19/h2-8H,9H2,1H3,(H2,17,19). The minimum atomic E-state index is -0.568. The van der Waals surface area contributed by atoms with Gasteiger partial charge in [-0.05, 0) is 24.3 Å². The molecule has 1 aliphatic heterocycles. The van der Waals surface area contributed by atoms with Crippen LogP contribution in [-0.2, 0) is 11.8 Å². The van der Waals surface area contributed by atoms with E-state index in [1.807, 2.05) is 29.9 Å². The fraction of sp³-hybridized carbons (Fsp3) is 0.125. The Morgan fingerprint density at radius 1 is 1.41 bits per heavy atom. The Morgan fingerprint density at radius 2 is 2.23 bits per heavy atom. The lowest BCUT2D eigenvalue weighted by Crippen LogP contribution is -2.19. The van der Waals surface area contributed by atoms with E-state index in [9.17, 15) is 9.59 Å². The number of nitrogens with two attached hydrogens (primary N) is 1. The van der Waals surface area contributed by atoms with Gasteiger partial charge in [-0.3, -0.25) is 9.59 Å². The fourth-order valence-corrected chi connectivity index (χ4v) is 2.17. The van der Waals surface area contributed by atoms with Crippen LogP contribution >= 0.6 is 0 Å². The zero-order valence-corrected chi connectivity index (χ0v) is 11.9. The maximum absolute atomic E-state index is 12.3. The van der Waals surface area contributed by atoms with E-state index >= 15 is 0 Å². The number of hydrogen-bond donors (Lipinski definition) is 1. The van der Waals surface area contributed by atoms with Crippen LogP contribution in [0.15, 0.2) is 42.3 Å². The first kappa shape index (κ1) is 13.9. The molecule has 0 unspecified atom stereocenters. The molecule has 1 aromatic heterocycles. The van der Waals surface area contributed by atoms with Gasteiger partial charge in [0.15, 0.2) is 12.4 Å². The molecule has 2 aromatic rings. The van der Waals surface area contributed by atoms with Crippen molar-refractivity contribution in [1.82, 2.24) is 4.57 Å². The maximum atomic E-state index is 12.3. The van der Waals surface area contributed by atoms with Crippen LogP contribution in [0, 0.1) is 0 Å². The molecule has 22 heavy (non-hydrogen) atoms. The van der Waals surface area contributed by atoms with Gasteiger partial charge in [-0.15, -0.1) is 0 Å². The number of ether oxygens (including phenoxy) is 2. The second-order valence-electron chi connectivity index (χ2n) is 4.90. The van der Waals surface area contributed by atoms with Gasteiger partial charge in [0.05, 0.1) is 5.56 Å². The molecule has 1 aromatic carbocycles. The third kappa shape index (κ3) is 2.58. The van der Waals surface area contributed by atoms with E-state index in [2.05, 4.69) is 0 Å². The van der Waals surface area contributed by atoms with E-state index < -0.39 is 5.91 Å². The van der Waals surface area contributed by atoms with E-state index in [1.54, 1.807) is 24.3 Å². The number of allylic oxidation sites excluding steroid dienone is 1. The molecule has 2 N–H and O–H groups in total. The number of carbonyl (C=O) groups excluding carboxylic acids is 2. The van der Waals surface area contributed by atoms with E-state index in [1.165, 1.54) is 0 Å². The summed E-state index contributed by atoms with van der Waals surface area (Å²) in [5.74, 6) is 0.334. The summed E-state index contributed by atoms with van der Waals surface area (Å²) in [6, 6.07) is 8.55. The monoisotopic (exact) mass is 298 g/mol. The van der Waals surface area contributed by atoms with Crippen molar-refractivity contribution in [3.63, 3.8) is 0 Å². The number of hydrogen-bond acceptors (Lipinski definition) is 4. The van der Waals surface area contributed by atoms with Crippen molar-refractivity contribution in [1.29, 1.82) is 0 Å². The van der Waals surface area contributed by atoms with Crippen LogP contribution in [0.25, 0.3) is 6.08 Å². The number of ketones is 1. The second kappa shape index (κ2) is 5.40. The molecule has 0 bridgehead atoms. The van der Waals surface area contributed by atoms with Crippen LogP contribution in [0.1, 0.15) is 16.1 Å². The molecule has 0 aliphatic carbocycles. The Morgan fingerprint density at radius 3 is 2.91 bits per heavy atom. The van der Waals surface area contributed by atoms with Crippen molar-refractivity contribution < 1.29 is 19.1 Å². The largest absolute Gasteiger partial charge is 0.484 e.